The van der Waals surface area contributed by atoms with Gasteiger partial charge in [-0.3, -0.25) is 4.90 Å². The minimum absolute atomic E-state index is 0.834. The molecule has 4 heteroatoms. The van der Waals surface area contributed by atoms with Crippen molar-refractivity contribution in [3.8, 4) is 0 Å². The molecule has 0 radical (unpaired) electrons. The van der Waals surface area contributed by atoms with Crippen LogP contribution in [0.3, 0.4) is 0 Å². The Morgan fingerprint density at radius 3 is 2.75 bits per heavy atom. The molecule has 0 aromatic carbocycles. The SMILES string of the molecule is CCNc1ncc(CN2CC(C)C(C)C2)s1. The van der Waals surface area contributed by atoms with Crippen LogP contribution in [0.25, 0.3) is 0 Å². The first kappa shape index (κ1) is 11.9. The highest BCUT2D eigenvalue weighted by atomic mass is 32.1. The van der Waals surface area contributed by atoms with Crippen molar-refractivity contribution in [1.82, 2.24) is 9.88 Å². The number of nitrogens with one attached hydrogen (secondary N) is 1. The van der Waals surface area contributed by atoms with E-state index in [4.69, 9.17) is 0 Å². The van der Waals surface area contributed by atoms with Crippen molar-refractivity contribution in [2.75, 3.05) is 25.0 Å². The minimum Gasteiger partial charge on any atom is -0.362 e. The van der Waals surface area contributed by atoms with Gasteiger partial charge in [0.1, 0.15) is 0 Å². The van der Waals surface area contributed by atoms with E-state index in [0.717, 1.165) is 30.1 Å². The lowest BCUT2D eigenvalue weighted by Crippen LogP contribution is -2.19. The van der Waals surface area contributed by atoms with E-state index in [1.54, 1.807) is 11.3 Å². The smallest absolute Gasteiger partial charge is 0.182 e. The normalized spacial score (nSPS) is 26.2. The van der Waals surface area contributed by atoms with Crippen molar-refractivity contribution in [3.63, 3.8) is 0 Å². The molecule has 1 aliphatic rings. The molecular formula is C12H21N3S. The van der Waals surface area contributed by atoms with Gasteiger partial charge in [0.05, 0.1) is 0 Å². The van der Waals surface area contributed by atoms with Gasteiger partial charge in [-0.25, -0.2) is 4.98 Å². The van der Waals surface area contributed by atoms with Crippen LogP contribution >= 0.6 is 11.3 Å². The zero-order valence-electron chi connectivity index (χ0n) is 10.4. The molecule has 90 valence electrons. The summed E-state index contributed by atoms with van der Waals surface area (Å²) in [5, 5.41) is 4.31. The van der Waals surface area contributed by atoms with Crippen LogP contribution in [0.4, 0.5) is 5.13 Å². The second kappa shape index (κ2) is 5.15. The maximum Gasteiger partial charge on any atom is 0.182 e. The molecule has 0 saturated carbocycles. The lowest BCUT2D eigenvalue weighted by atomic mass is 10.0. The Morgan fingerprint density at radius 2 is 2.12 bits per heavy atom. The number of anilines is 1. The Bertz CT molecular complexity index is 327. The van der Waals surface area contributed by atoms with Crippen molar-refractivity contribution in [3.05, 3.63) is 11.1 Å². The van der Waals surface area contributed by atoms with Crippen molar-refractivity contribution < 1.29 is 0 Å². The molecule has 16 heavy (non-hydrogen) atoms. The summed E-state index contributed by atoms with van der Waals surface area (Å²) in [7, 11) is 0. The molecule has 2 unspecified atom stereocenters. The fourth-order valence-electron chi connectivity index (χ4n) is 2.21. The summed E-state index contributed by atoms with van der Waals surface area (Å²) >= 11 is 1.78. The van der Waals surface area contributed by atoms with Crippen LogP contribution in [0, 0.1) is 11.8 Å². The third-order valence-corrected chi connectivity index (χ3v) is 4.26. The van der Waals surface area contributed by atoms with Crippen molar-refractivity contribution in [1.29, 1.82) is 0 Å². The summed E-state index contributed by atoms with van der Waals surface area (Å²) in [6, 6.07) is 0. The van der Waals surface area contributed by atoms with E-state index in [2.05, 4.69) is 36.0 Å². The van der Waals surface area contributed by atoms with Crippen molar-refractivity contribution >= 4 is 16.5 Å². The summed E-state index contributed by atoms with van der Waals surface area (Å²) in [4.78, 5) is 8.28. The van der Waals surface area contributed by atoms with E-state index in [-0.39, 0.29) is 0 Å². The van der Waals surface area contributed by atoms with E-state index < -0.39 is 0 Å². The minimum atomic E-state index is 0.834. The fourth-order valence-corrected chi connectivity index (χ4v) is 3.13. The molecule has 1 aromatic rings. The number of rotatable bonds is 4. The Kier molecular flexibility index (Phi) is 3.82. The van der Waals surface area contributed by atoms with Crippen molar-refractivity contribution in [2.24, 2.45) is 11.8 Å². The molecule has 0 spiro atoms. The Labute approximate surface area is 102 Å². The van der Waals surface area contributed by atoms with Gasteiger partial charge < -0.3 is 5.32 Å². The van der Waals surface area contributed by atoms with Gasteiger partial charge in [0, 0.05) is 37.3 Å². The zero-order valence-corrected chi connectivity index (χ0v) is 11.2. The standard InChI is InChI=1S/C12H21N3S/c1-4-13-12-14-5-11(16-12)8-15-6-9(2)10(3)7-15/h5,9-10H,4,6-8H2,1-3H3,(H,13,14). The zero-order chi connectivity index (χ0) is 11.5. The van der Waals surface area contributed by atoms with Crippen LogP contribution in [0.5, 0.6) is 0 Å². The molecule has 0 aliphatic carbocycles. The van der Waals surface area contributed by atoms with Gasteiger partial charge in [0.15, 0.2) is 5.13 Å². The second-order valence-electron chi connectivity index (χ2n) is 4.81. The van der Waals surface area contributed by atoms with Crippen LogP contribution in [0.15, 0.2) is 6.20 Å². The molecule has 3 nitrogen and oxygen atoms in total. The number of aromatic nitrogens is 1. The first-order valence-corrected chi connectivity index (χ1v) is 6.91. The number of hydrogen-bond donors (Lipinski definition) is 1. The van der Waals surface area contributed by atoms with Crippen LogP contribution in [-0.2, 0) is 6.54 Å². The van der Waals surface area contributed by atoms with Crippen molar-refractivity contribution in [2.45, 2.75) is 27.3 Å². The van der Waals surface area contributed by atoms with Gasteiger partial charge >= 0.3 is 0 Å². The fraction of sp³-hybridized carbons (Fsp3) is 0.750. The summed E-state index contributed by atoms with van der Waals surface area (Å²) in [6.45, 7) is 11.3. The van der Waals surface area contributed by atoms with E-state index in [1.807, 2.05) is 6.20 Å². The summed E-state index contributed by atoms with van der Waals surface area (Å²) in [6.07, 6.45) is 2.01. The molecule has 0 bridgehead atoms. The predicted octanol–water partition coefficient (Wildman–Crippen LogP) is 2.66. The quantitative estimate of drug-likeness (QED) is 0.875. The average molecular weight is 239 g/mol. The number of nitrogens with zero attached hydrogens (tertiary/aromatic N) is 2. The van der Waals surface area contributed by atoms with E-state index in [0.29, 0.717) is 0 Å². The van der Waals surface area contributed by atoms with Gasteiger partial charge in [-0.1, -0.05) is 13.8 Å². The Morgan fingerprint density at radius 1 is 1.44 bits per heavy atom. The van der Waals surface area contributed by atoms with Gasteiger partial charge in [0.25, 0.3) is 0 Å². The predicted molar refractivity (Wildman–Crippen MR) is 69.9 cm³/mol. The largest absolute Gasteiger partial charge is 0.362 e. The first-order valence-electron chi connectivity index (χ1n) is 6.10. The molecule has 2 heterocycles. The molecule has 1 aromatic heterocycles. The van der Waals surface area contributed by atoms with Crippen LogP contribution in [0.2, 0.25) is 0 Å². The van der Waals surface area contributed by atoms with E-state index in [1.165, 1.54) is 18.0 Å². The highest BCUT2D eigenvalue weighted by Gasteiger charge is 2.26. The molecule has 1 N–H and O–H groups in total. The first-order chi connectivity index (χ1) is 7.69. The summed E-state index contributed by atoms with van der Waals surface area (Å²) in [5.74, 6) is 1.67. The monoisotopic (exact) mass is 239 g/mol. The average Bonchev–Trinajstić information content (AvgIpc) is 2.77. The van der Waals surface area contributed by atoms with Gasteiger partial charge in [0.2, 0.25) is 0 Å². The second-order valence-corrected chi connectivity index (χ2v) is 5.93. The highest BCUT2D eigenvalue weighted by Crippen LogP contribution is 2.26. The van der Waals surface area contributed by atoms with Gasteiger partial charge in [-0.05, 0) is 18.8 Å². The molecule has 0 amide bonds. The topological polar surface area (TPSA) is 28.2 Å². The van der Waals surface area contributed by atoms with Crippen LogP contribution in [0.1, 0.15) is 25.6 Å². The lowest BCUT2D eigenvalue weighted by molar-refractivity contribution is 0.319. The maximum atomic E-state index is 4.37. The highest BCUT2D eigenvalue weighted by molar-refractivity contribution is 7.15. The number of thiazole rings is 1. The molecule has 1 saturated heterocycles. The third-order valence-electron chi connectivity index (χ3n) is 3.32. The maximum absolute atomic E-state index is 4.37. The molecule has 2 atom stereocenters. The van der Waals surface area contributed by atoms with Gasteiger partial charge in [-0.2, -0.15) is 0 Å². The summed E-state index contributed by atoms with van der Waals surface area (Å²) < 4.78 is 0. The number of likely N-dealkylation sites (tertiary alicyclic amines) is 1. The summed E-state index contributed by atoms with van der Waals surface area (Å²) in [5.41, 5.74) is 0. The van der Waals surface area contributed by atoms with Crippen LogP contribution < -0.4 is 5.32 Å². The Balaban J connectivity index is 1.89. The Hall–Kier alpha value is -0.610. The van der Waals surface area contributed by atoms with E-state index in [9.17, 15) is 0 Å². The third kappa shape index (κ3) is 2.74. The van der Waals surface area contributed by atoms with E-state index >= 15 is 0 Å². The molecular weight excluding hydrogens is 218 g/mol. The molecule has 2 rings (SSSR count). The van der Waals surface area contributed by atoms with Crippen LogP contribution in [-0.4, -0.2) is 29.5 Å². The molecule has 1 fully saturated rings. The molecule has 1 aliphatic heterocycles. The van der Waals surface area contributed by atoms with Gasteiger partial charge in [-0.15, -0.1) is 11.3 Å². The lowest BCUT2D eigenvalue weighted by Gasteiger charge is -2.13. The number of hydrogen-bond acceptors (Lipinski definition) is 4.